The topological polar surface area (TPSA) is 69.6 Å². The summed E-state index contributed by atoms with van der Waals surface area (Å²) in [5.74, 6) is -0.958. The van der Waals surface area contributed by atoms with Crippen LogP contribution in [0.3, 0.4) is 0 Å². The van der Waals surface area contributed by atoms with Gasteiger partial charge in [0.25, 0.3) is 0 Å². The third-order valence-electron chi connectivity index (χ3n) is 2.50. The average molecular weight is 246 g/mol. The highest BCUT2D eigenvalue weighted by Crippen LogP contribution is 2.26. The van der Waals surface area contributed by atoms with Gasteiger partial charge in [0.05, 0.1) is 0 Å². The Bertz CT molecular complexity index is 269. The van der Waals surface area contributed by atoms with Gasteiger partial charge in [0, 0.05) is 17.8 Å². The zero-order valence-corrected chi connectivity index (χ0v) is 10.4. The summed E-state index contributed by atoms with van der Waals surface area (Å²) in [4.78, 5) is 23.7. The van der Waals surface area contributed by atoms with Crippen molar-refractivity contribution in [2.45, 2.75) is 31.1 Å². The van der Waals surface area contributed by atoms with Gasteiger partial charge in [-0.15, -0.1) is 0 Å². The second-order valence-corrected chi connectivity index (χ2v) is 5.26. The number of carbonyl (C=O) groups excluding carboxylic acids is 1. The fraction of sp³-hybridized carbons (Fsp3) is 0.800. The van der Waals surface area contributed by atoms with Crippen LogP contribution in [-0.4, -0.2) is 52.6 Å². The van der Waals surface area contributed by atoms with Crippen molar-refractivity contribution in [2.75, 3.05) is 19.3 Å². The van der Waals surface area contributed by atoms with Crippen LogP contribution in [-0.2, 0) is 4.79 Å². The number of thioether (sulfide) groups is 1. The van der Waals surface area contributed by atoms with Gasteiger partial charge in [-0.05, 0) is 19.1 Å². The highest BCUT2D eigenvalue weighted by Gasteiger charge is 2.33. The lowest BCUT2D eigenvalue weighted by atomic mass is 10.4. The smallest absolute Gasteiger partial charge is 0.323 e. The molecule has 1 fully saturated rings. The molecule has 5 nitrogen and oxygen atoms in total. The van der Waals surface area contributed by atoms with Crippen molar-refractivity contribution in [3.63, 3.8) is 0 Å². The van der Waals surface area contributed by atoms with E-state index in [0.717, 1.165) is 12.8 Å². The van der Waals surface area contributed by atoms with Crippen molar-refractivity contribution < 1.29 is 14.7 Å². The molecule has 1 saturated carbocycles. The minimum atomic E-state index is -0.958. The van der Waals surface area contributed by atoms with Crippen LogP contribution in [0.1, 0.15) is 19.8 Å². The number of amides is 2. The van der Waals surface area contributed by atoms with E-state index in [1.54, 1.807) is 11.8 Å². The first-order valence-corrected chi connectivity index (χ1v) is 6.62. The molecule has 0 heterocycles. The summed E-state index contributed by atoms with van der Waals surface area (Å²) in [6, 6.07) is -0.133. The molecular formula is C10H18N2O3S. The molecule has 2 N–H and O–H groups in total. The van der Waals surface area contributed by atoms with E-state index in [1.807, 2.05) is 13.2 Å². The number of carboxylic acid groups (broad SMARTS) is 1. The molecule has 0 bridgehead atoms. The Labute approximate surface area is 99.6 Å². The van der Waals surface area contributed by atoms with Crippen molar-refractivity contribution in [2.24, 2.45) is 0 Å². The lowest BCUT2D eigenvalue weighted by Gasteiger charge is -2.21. The molecule has 0 aromatic heterocycles. The van der Waals surface area contributed by atoms with Gasteiger partial charge in [-0.2, -0.15) is 11.8 Å². The van der Waals surface area contributed by atoms with Crippen LogP contribution in [0, 0.1) is 0 Å². The number of urea groups is 1. The maximum absolute atomic E-state index is 11.7. The van der Waals surface area contributed by atoms with Crippen molar-refractivity contribution in [3.8, 4) is 0 Å². The van der Waals surface area contributed by atoms with Crippen LogP contribution in [0.4, 0.5) is 4.79 Å². The predicted octanol–water partition coefficient (Wildman–Crippen LogP) is 0.996. The minimum Gasteiger partial charge on any atom is -0.480 e. The summed E-state index contributed by atoms with van der Waals surface area (Å²) in [6.07, 6.45) is 3.81. The quantitative estimate of drug-likeness (QED) is 0.733. The first kappa shape index (κ1) is 13.2. The number of hydrogen-bond donors (Lipinski definition) is 2. The first-order valence-electron chi connectivity index (χ1n) is 5.33. The first-order chi connectivity index (χ1) is 7.54. The van der Waals surface area contributed by atoms with Crippen LogP contribution in [0.2, 0.25) is 0 Å². The molecule has 1 aliphatic rings. The summed E-state index contributed by atoms with van der Waals surface area (Å²) in [5.41, 5.74) is 0. The molecule has 0 aromatic rings. The minimum absolute atomic E-state index is 0.126. The number of hydrogen-bond acceptors (Lipinski definition) is 3. The van der Waals surface area contributed by atoms with Crippen LogP contribution in [0.5, 0.6) is 0 Å². The van der Waals surface area contributed by atoms with Gasteiger partial charge in [-0.3, -0.25) is 4.79 Å². The zero-order valence-electron chi connectivity index (χ0n) is 9.60. The molecule has 1 rings (SSSR count). The van der Waals surface area contributed by atoms with E-state index in [9.17, 15) is 9.59 Å². The summed E-state index contributed by atoms with van der Waals surface area (Å²) < 4.78 is 0. The van der Waals surface area contributed by atoms with E-state index in [2.05, 4.69) is 5.32 Å². The van der Waals surface area contributed by atoms with E-state index >= 15 is 0 Å². The molecule has 92 valence electrons. The van der Waals surface area contributed by atoms with Crippen LogP contribution in [0.25, 0.3) is 0 Å². The average Bonchev–Trinajstić information content (AvgIpc) is 3.05. The number of carboxylic acids is 1. The third-order valence-corrected chi connectivity index (χ3v) is 3.47. The Morgan fingerprint density at radius 3 is 2.62 bits per heavy atom. The third kappa shape index (κ3) is 4.30. The Morgan fingerprint density at radius 1 is 1.56 bits per heavy atom. The molecule has 1 aliphatic carbocycles. The zero-order chi connectivity index (χ0) is 12.1. The Balaban J connectivity index is 2.38. The molecule has 0 radical (unpaired) electrons. The summed E-state index contributed by atoms with van der Waals surface area (Å²) in [6.45, 7) is 2.39. The van der Waals surface area contributed by atoms with Crippen LogP contribution < -0.4 is 5.32 Å². The number of nitrogens with one attached hydrogen (secondary N) is 1. The highest BCUT2D eigenvalue weighted by molar-refractivity contribution is 7.99. The van der Waals surface area contributed by atoms with Crippen molar-refractivity contribution in [3.05, 3.63) is 0 Å². The fourth-order valence-electron chi connectivity index (χ4n) is 1.31. The molecule has 2 amide bonds. The highest BCUT2D eigenvalue weighted by atomic mass is 32.2. The van der Waals surface area contributed by atoms with Crippen molar-refractivity contribution in [1.82, 2.24) is 10.2 Å². The molecular weight excluding hydrogens is 228 g/mol. The lowest BCUT2D eigenvalue weighted by Crippen LogP contribution is -2.45. The van der Waals surface area contributed by atoms with Crippen LogP contribution in [0.15, 0.2) is 0 Å². The standard InChI is InChI=1S/C10H18N2O3S/c1-7(16-2)5-11-10(15)12(6-9(13)14)8-3-4-8/h7-8H,3-6H2,1-2H3,(H,11,15)(H,13,14). The van der Waals surface area contributed by atoms with Crippen LogP contribution >= 0.6 is 11.8 Å². The van der Waals surface area contributed by atoms with E-state index in [0.29, 0.717) is 11.8 Å². The van der Waals surface area contributed by atoms with E-state index in [-0.39, 0.29) is 18.6 Å². The van der Waals surface area contributed by atoms with Gasteiger partial charge >= 0.3 is 12.0 Å². The predicted molar refractivity (Wildman–Crippen MR) is 63.7 cm³/mol. The van der Waals surface area contributed by atoms with E-state index in [4.69, 9.17) is 5.11 Å². The maximum Gasteiger partial charge on any atom is 0.323 e. The molecule has 1 atom stereocenters. The maximum atomic E-state index is 11.7. The molecule has 1 unspecified atom stereocenters. The molecule has 16 heavy (non-hydrogen) atoms. The summed E-state index contributed by atoms with van der Waals surface area (Å²) in [5, 5.41) is 11.8. The monoisotopic (exact) mass is 246 g/mol. The van der Waals surface area contributed by atoms with Gasteiger partial charge in [0.15, 0.2) is 0 Å². The largest absolute Gasteiger partial charge is 0.480 e. The van der Waals surface area contributed by atoms with Gasteiger partial charge < -0.3 is 15.3 Å². The molecule has 0 saturated heterocycles. The van der Waals surface area contributed by atoms with Gasteiger partial charge in [-0.1, -0.05) is 6.92 Å². The second kappa shape index (κ2) is 5.98. The lowest BCUT2D eigenvalue weighted by molar-refractivity contribution is -0.137. The van der Waals surface area contributed by atoms with Gasteiger partial charge in [-0.25, -0.2) is 4.79 Å². The molecule has 0 aliphatic heterocycles. The van der Waals surface area contributed by atoms with E-state index in [1.165, 1.54) is 4.90 Å². The molecule has 0 spiro atoms. The van der Waals surface area contributed by atoms with Crippen molar-refractivity contribution in [1.29, 1.82) is 0 Å². The normalized spacial score (nSPS) is 16.6. The van der Waals surface area contributed by atoms with Gasteiger partial charge in [0.2, 0.25) is 0 Å². The molecule has 0 aromatic carbocycles. The van der Waals surface area contributed by atoms with Gasteiger partial charge in [0.1, 0.15) is 6.54 Å². The van der Waals surface area contributed by atoms with E-state index < -0.39 is 5.97 Å². The molecule has 6 heteroatoms. The Hall–Kier alpha value is -0.910. The Kier molecular flexibility index (Phi) is 4.92. The Morgan fingerprint density at radius 2 is 2.19 bits per heavy atom. The number of nitrogens with zero attached hydrogens (tertiary/aromatic N) is 1. The van der Waals surface area contributed by atoms with Crippen molar-refractivity contribution >= 4 is 23.8 Å². The number of rotatable bonds is 6. The number of carbonyl (C=O) groups is 2. The fourth-order valence-corrected chi connectivity index (χ4v) is 1.56. The summed E-state index contributed by atoms with van der Waals surface area (Å²) >= 11 is 1.67. The SMILES string of the molecule is CSC(C)CNC(=O)N(CC(=O)O)C1CC1. The number of aliphatic carboxylic acids is 1. The second-order valence-electron chi connectivity index (χ2n) is 3.99. The summed E-state index contributed by atoms with van der Waals surface area (Å²) in [7, 11) is 0.